The number of nitrogens with one attached hydrogen (secondary N) is 2. The number of carbonyl (C=O) groups excluding carboxylic acids is 2. The van der Waals surface area contributed by atoms with Gasteiger partial charge in [-0.3, -0.25) is 9.59 Å². The minimum Gasteiger partial charge on any atom is -0.326 e. The molecule has 0 saturated carbocycles. The van der Waals surface area contributed by atoms with Crippen molar-refractivity contribution in [3.05, 3.63) is 40.3 Å². The fraction of sp³-hybridized carbons (Fsp3) is 0.154. The average Bonchev–Trinajstić information content (AvgIpc) is 2.87. The van der Waals surface area contributed by atoms with Gasteiger partial charge in [0.05, 0.1) is 5.51 Å². The van der Waals surface area contributed by atoms with E-state index in [-0.39, 0.29) is 11.6 Å². The Balaban J connectivity index is 2.19. The third-order valence-electron chi connectivity index (χ3n) is 2.48. The van der Waals surface area contributed by atoms with Crippen molar-refractivity contribution in [3.63, 3.8) is 0 Å². The predicted octanol–water partition coefficient (Wildman–Crippen LogP) is 3.37. The first-order valence-electron chi connectivity index (χ1n) is 5.97. The van der Waals surface area contributed by atoms with Crippen molar-refractivity contribution in [1.29, 1.82) is 0 Å². The molecule has 5 nitrogen and oxygen atoms in total. The first-order chi connectivity index (χ1) is 10.3. The maximum absolute atomic E-state index is 12.7. The lowest BCUT2D eigenvalue weighted by atomic mass is 10.2. The maximum atomic E-state index is 12.7. The van der Waals surface area contributed by atoms with Crippen molar-refractivity contribution in [1.82, 2.24) is 4.98 Å². The first-order valence-corrected chi connectivity index (χ1v) is 6.85. The van der Waals surface area contributed by atoms with Gasteiger partial charge < -0.3 is 10.6 Å². The smallest absolute Gasteiger partial charge is 0.326 e. The Bertz CT molecular complexity index is 713. The van der Waals surface area contributed by atoms with Gasteiger partial charge in [0.1, 0.15) is 4.88 Å². The Morgan fingerprint density at radius 1 is 1.18 bits per heavy atom. The molecule has 2 rings (SSSR count). The van der Waals surface area contributed by atoms with Crippen molar-refractivity contribution in [2.75, 3.05) is 10.6 Å². The molecule has 116 valence electrons. The minimum atomic E-state index is -4.69. The summed E-state index contributed by atoms with van der Waals surface area (Å²) in [5.74, 6) is -1.21. The van der Waals surface area contributed by atoms with E-state index in [1.165, 1.54) is 19.1 Å². The first kappa shape index (κ1) is 16.0. The van der Waals surface area contributed by atoms with Crippen molar-refractivity contribution in [2.45, 2.75) is 13.1 Å². The molecule has 0 unspecified atom stereocenters. The van der Waals surface area contributed by atoms with Crippen LogP contribution in [0, 0.1) is 0 Å². The number of anilines is 2. The number of benzene rings is 1. The van der Waals surface area contributed by atoms with Gasteiger partial charge in [-0.1, -0.05) is 6.07 Å². The topological polar surface area (TPSA) is 71.1 Å². The van der Waals surface area contributed by atoms with Crippen LogP contribution < -0.4 is 10.6 Å². The number of aromatic nitrogens is 1. The van der Waals surface area contributed by atoms with Crippen LogP contribution >= 0.6 is 11.3 Å². The Labute approximate surface area is 127 Å². The molecular formula is C13H10F3N3O2S. The van der Waals surface area contributed by atoms with E-state index in [2.05, 4.69) is 15.6 Å². The molecule has 0 aliphatic heterocycles. The Hall–Kier alpha value is -2.42. The van der Waals surface area contributed by atoms with E-state index < -0.39 is 22.7 Å². The average molecular weight is 329 g/mol. The molecule has 0 fully saturated rings. The molecule has 1 aromatic carbocycles. The van der Waals surface area contributed by atoms with Gasteiger partial charge in [-0.05, 0) is 18.2 Å². The highest BCUT2D eigenvalue weighted by Gasteiger charge is 2.38. The summed E-state index contributed by atoms with van der Waals surface area (Å²) in [5.41, 5.74) is 0.433. The highest BCUT2D eigenvalue weighted by molar-refractivity contribution is 7.12. The van der Waals surface area contributed by atoms with Gasteiger partial charge >= 0.3 is 6.18 Å². The summed E-state index contributed by atoms with van der Waals surface area (Å²) in [4.78, 5) is 25.6. The van der Waals surface area contributed by atoms with Crippen LogP contribution in [0.4, 0.5) is 24.5 Å². The van der Waals surface area contributed by atoms with Crippen LogP contribution in [0.2, 0.25) is 0 Å². The van der Waals surface area contributed by atoms with Crippen molar-refractivity contribution in [3.8, 4) is 0 Å². The van der Waals surface area contributed by atoms with E-state index >= 15 is 0 Å². The van der Waals surface area contributed by atoms with Crippen molar-refractivity contribution >= 4 is 34.5 Å². The Morgan fingerprint density at radius 2 is 1.82 bits per heavy atom. The predicted molar refractivity (Wildman–Crippen MR) is 75.8 cm³/mol. The van der Waals surface area contributed by atoms with Crippen LogP contribution in [-0.2, 0) is 11.0 Å². The van der Waals surface area contributed by atoms with E-state index in [1.54, 1.807) is 12.1 Å². The summed E-state index contributed by atoms with van der Waals surface area (Å²) in [7, 11) is 0. The summed E-state index contributed by atoms with van der Waals surface area (Å²) >= 11 is 0.606. The highest BCUT2D eigenvalue weighted by atomic mass is 32.1. The Kier molecular flexibility index (Phi) is 4.45. The quantitative estimate of drug-likeness (QED) is 0.907. The number of halogens is 3. The summed E-state index contributed by atoms with van der Waals surface area (Å²) in [6, 6.07) is 6.08. The fourth-order valence-corrected chi connectivity index (χ4v) is 2.38. The van der Waals surface area contributed by atoms with Crippen LogP contribution in [0.3, 0.4) is 0 Å². The molecule has 0 bridgehead atoms. The number of nitrogens with zero attached hydrogens (tertiary/aromatic N) is 1. The van der Waals surface area contributed by atoms with Gasteiger partial charge in [0, 0.05) is 18.3 Å². The molecule has 22 heavy (non-hydrogen) atoms. The van der Waals surface area contributed by atoms with E-state index in [9.17, 15) is 22.8 Å². The number of carbonyl (C=O) groups is 2. The summed E-state index contributed by atoms with van der Waals surface area (Å²) < 4.78 is 38.1. The molecule has 1 heterocycles. The second-order valence-corrected chi connectivity index (χ2v) is 5.10. The third kappa shape index (κ3) is 3.82. The van der Waals surface area contributed by atoms with Crippen LogP contribution in [-0.4, -0.2) is 16.8 Å². The van der Waals surface area contributed by atoms with Gasteiger partial charge in [-0.25, -0.2) is 4.98 Å². The molecule has 0 radical (unpaired) electrons. The van der Waals surface area contributed by atoms with Gasteiger partial charge in [-0.15, -0.1) is 11.3 Å². The van der Waals surface area contributed by atoms with Gasteiger partial charge in [0.25, 0.3) is 5.91 Å². The standard InChI is InChI=1S/C13H10F3N3O2S/c1-7(20)18-8-3-2-4-9(5-8)19-12(21)10-11(13(14,15)16)17-6-22-10/h2-6H,1H3,(H,18,20)(H,19,21). The van der Waals surface area contributed by atoms with E-state index in [0.717, 1.165) is 5.51 Å². The van der Waals surface area contributed by atoms with E-state index in [0.29, 0.717) is 17.0 Å². The summed E-state index contributed by atoms with van der Waals surface area (Å²) in [5, 5.41) is 4.86. The molecule has 9 heteroatoms. The largest absolute Gasteiger partial charge is 0.434 e. The summed E-state index contributed by atoms with van der Waals surface area (Å²) in [6.45, 7) is 1.32. The van der Waals surface area contributed by atoms with Crippen LogP contribution in [0.25, 0.3) is 0 Å². The number of hydrogen-bond donors (Lipinski definition) is 2. The second kappa shape index (κ2) is 6.14. The zero-order valence-electron chi connectivity index (χ0n) is 11.2. The zero-order chi connectivity index (χ0) is 16.3. The van der Waals surface area contributed by atoms with Gasteiger partial charge in [0.15, 0.2) is 5.69 Å². The van der Waals surface area contributed by atoms with Gasteiger partial charge in [-0.2, -0.15) is 13.2 Å². The fourth-order valence-electron chi connectivity index (χ4n) is 1.68. The lowest BCUT2D eigenvalue weighted by Gasteiger charge is -2.09. The molecule has 0 atom stereocenters. The number of amides is 2. The summed E-state index contributed by atoms with van der Waals surface area (Å²) in [6.07, 6.45) is -4.69. The number of rotatable bonds is 3. The van der Waals surface area contributed by atoms with Crippen LogP contribution in [0.5, 0.6) is 0 Å². The van der Waals surface area contributed by atoms with Crippen molar-refractivity contribution in [2.24, 2.45) is 0 Å². The lowest BCUT2D eigenvalue weighted by molar-refractivity contribution is -0.141. The SMILES string of the molecule is CC(=O)Nc1cccc(NC(=O)c2scnc2C(F)(F)F)c1. The normalized spacial score (nSPS) is 11.1. The number of alkyl halides is 3. The number of thiazole rings is 1. The molecule has 2 N–H and O–H groups in total. The molecule has 1 aromatic heterocycles. The molecule has 0 aliphatic carbocycles. The minimum absolute atomic E-state index is 0.262. The van der Waals surface area contributed by atoms with Crippen molar-refractivity contribution < 1.29 is 22.8 Å². The Morgan fingerprint density at radius 3 is 2.41 bits per heavy atom. The van der Waals surface area contributed by atoms with Crippen LogP contribution in [0.1, 0.15) is 22.3 Å². The molecule has 2 aromatic rings. The lowest BCUT2D eigenvalue weighted by Crippen LogP contribution is -2.17. The second-order valence-electron chi connectivity index (χ2n) is 4.24. The van der Waals surface area contributed by atoms with E-state index in [1.807, 2.05) is 0 Å². The molecular weight excluding hydrogens is 319 g/mol. The van der Waals surface area contributed by atoms with Gasteiger partial charge in [0.2, 0.25) is 5.91 Å². The molecule has 0 spiro atoms. The van der Waals surface area contributed by atoms with Crippen LogP contribution in [0.15, 0.2) is 29.8 Å². The monoisotopic (exact) mass is 329 g/mol. The number of hydrogen-bond acceptors (Lipinski definition) is 4. The molecule has 0 aliphatic rings. The zero-order valence-corrected chi connectivity index (χ0v) is 12.0. The molecule has 0 saturated heterocycles. The third-order valence-corrected chi connectivity index (χ3v) is 3.31. The highest BCUT2D eigenvalue weighted by Crippen LogP contribution is 2.33. The van der Waals surface area contributed by atoms with E-state index in [4.69, 9.17) is 0 Å². The maximum Gasteiger partial charge on any atom is 0.434 e. The molecule has 2 amide bonds.